The first kappa shape index (κ1) is 23.5. The van der Waals surface area contributed by atoms with Crippen molar-refractivity contribution in [3.8, 4) is 5.75 Å². The number of piperazine rings is 1. The Morgan fingerprint density at radius 3 is 2.45 bits per heavy atom. The summed E-state index contributed by atoms with van der Waals surface area (Å²) in [5.41, 5.74) is 2.53. The van der Waals surface area contributed by atoms with E-state index in [1.807, 2.05) is 12.3 Å². The third-order valence-electron chi connectivity index (χ3n) is 5.20. The number of aromatic nitrogens is 1. The minimum absolute atomic E-state index is 0. The van der Waals surface area contributed by atoms with E-state index in [0.29, 0.717) is 5.92 Å². The second-order valence-corrected chi connectivity index (χ2v) is 8.05. The van der Waals surface area contributed by atoms with E-state index in [1.54, 1.807) is 0 Å². The maximum atomic E-state index is 5.80. The first-order valence-electron chi connectivity index (χ1n) is 10.4. The highest BCUT2D eigenvalue weighted by molar-refractivity contribution is 5.85. The highest BCUT2D eigenvalue weighted by Crippen LogP contribution is 2.19. The fourth-order valence-corrected chi connectivity index (χ4v) is 3.33. The molecule has 1 N–H and O–H groups in total. The zero-order valence-corrected chi connectivity index (χ0v) is 18.8. The lowest BCUT2D eigenvalue weighted by molar-refractivity contribution is 0.289. The molecule has 160 valence electrons. The maximum absolute atomic E-state index is 5.80. The quantitative estimate of drug-likeness (QED) is 0.667. The molecule has 6 heteroatoms. The summed E-state index contributed by atoms with van der Waals surface area (Å²) < 4.78 is 5.80. The molecule has 0 atom stereocenters. The average Bonchev–Trinajstić information content (AvgIpc) is 2.70. The second kappa shape index (κ2) is 12.0. The lowest BCUT2D eigenvalue weighted by Crippen LogP contribution is -2.45. The molecule has 1 fully saturated rings. The molecule has 0 radical (unpaired) electrons. The smallest absolute Gasteiger partial charge is 0.133 e. The summed E-state index contributed by atoms with van der Waals surface area (Å²) >= 11 is 0. The van der Waals surface area contributed by atoms with Gasteiger partial charge in [-0.1, -0.05) is 32.0 Å². The molecule has 0 saturated carbocycles. The molecule has 0 aliphatic carbocycles. The number of hydrogen-bond donors (Lipinski definition) is 1. The number of pyridine rings is 1. The normalized spacial score (nSPS) is 14.7. The Balaban J connectivity index is 0.00000300. The Hall–Kier alpha value is -1.82. The molecular formula is C23H35ClN4O. The van der Waals surface area contributed by atoms with E-state index >= 15 is 0 Å². The lowest BCUT2D eigenvalue weighted by atomic mass is 10.1. The van der Waals surface area contributed by atoms with E-state index in [1.165, 1.54) is 11.1 Å². The van der Waals surface area contributed by atoms with Crippen molar-refractivity contribution in [3.63, 3.8) is 0 Å². The first-order chi connectivity index (χ1) is 13.6. The van der Waals surface area contributed by atoms with Crippen LogP contribution in [0.5, 0.6) is 5.75 Å². The Kier molecular flexibility index (Phi) is 9.71. The molecule has 1 aliphatic rings. The van der Waals surface area contributed by atoms with Gasteiger partial charge in [0.15, 0.2) is 0 Å². The van der Waals surface area contributed by atoms with Crippen molar-refractivity contribution in [2.24, 2.45) is 5.92 Å². The van der Waals surface area contributed by atoms with Gasteiger partial charge in [0, 0.05) is 51.0 Å². The Bertz CT molecular complexity index is 715. The Morgan fingerprint density at radius 2 is 1.76 bits per heavy atom. The van der Waals surface area contributed by atoms with Crippen molar-refractivity contribution < 1.29 is 4.74 Å². The van der Waals surface area contributed by atoms with Crippen LogP contribution in [0.25, 0.3) is 0 Å². The lowest BCUT2D eigenvalue weighted by Gasteiger charge is -2.34. The molecule has 2 heterocycles. The van der Waals surface area contributed by atoms with Gasteiger partial charge in [-0.15, -0.1) is 12.4 Å². The average molecular weight is 419 g/mol. The highest BCUT2D eigenvalue weighted by atomic mass is 35.5. The van der Waals surface area contributed by atoms with Crippen LogP contribution in [0.4, 0.5) is 5.82 Å². The summed E-state index contributed by atoms with van der Waals surface area (Å²) in [5, 5.41) is 3.57. The Morgan fingerprint density at radius 1 is 1.03 bits per heavy atom. The maximum Gasteiger partial charge on any atom is 0.133 e. The largest absolute Gasteiger partial charge is 0.494 e. The van der Waals surface area contributed by atoms with Crippen molar-refractivity contribution in [3.05, 3.63) is 53.7 Å². The van der Waals surface area contributed by atoms with Crippen LogP contribution in [-0.4, -0.2) is 49.7 Å². The fraction of sp³-hybridized carbons (Fsp3) is 0.522. The third-order valence-corrected chi connectivity index (χ3v) is 5.20. The van der Waals surface area contributed by atoms with Gasteiger partial charge in [0.05, 0.1) is 6.61 Å². The first-order valence-corrected chi connectivity index (χ1v) is 10.4. The summed E-state index contributed by atoms with van der Waals surface area (Å²) in [6.45, 7) is 11.1. The highest BCUT2D eigenvalue weighted by Gasteiger charge is 2.17. The summed E-state index contributed by atoms with van der Waals surface area (Å²) in [7, 11) is 2.18. The van der Waals surface area contributed by atoms with Crippen LogP contribution in [0.3, 0.4) is 0 Å². The number of nitrogens with zero attached hydrogens (tertiary/aromatic N) is 3. The number of likely N-dealkylation sites (N-methyl/N-ethyl adjacent to an activating group) is 1. The molecule has 0 spiro atoms. The summed E-state index contributed by atoms with van der Waals surface area (Å²) in [5.74, 6) is 2.75. The van der Waals surface area contributed by atoms with Crippen LogP contribution in [0.1, 0.15) is 31.4 Å². The van der Waals surface area contributed by atoms with Crippen molar-refractivity contribution in [2.75, 3.05) is 44.7 Å². The molecule has 5 nitrogen and oxygen atoms in total. The van der Waals surface area contributed by atoms with Crippen LogP contribution in [0, 0.1) is 5.92 Å². The fourth-order valence-electron chi connectivity index (χ4n) is 3.33. The number of halogens is 1. The topological polar surface area (TPSA) is 40.6 Å². The second-order valence-electron chi connectivity index (χ2n) is 8.05. The van der Waals surface area contributed by atoms with Crippen LogP contribution < -0.4 is 15.0 Å². The van der Waals surface area contributed by atoms with E-state index in [9.17, 15) is 0 Å². The predicted molar refractivity (Wildman–Crippen MR) is 123 cm³/mol. The van der Waals surface area contributed by atoms with Gasteiger partial charge in [-0.3, -0.25) is 0 Å². The molecule has 1 aliphatic heterocycles. The van der Waals surface area contributed by atoms with Crippen molar-refractivity contribution in [1.29, 1.82) is 0 Å². The molecule has 0 bridgehead atoms. The molecule has 0 unspecified atom stereocenters. The van der Waals surface area contributed by atoms with Gasteiger partial charge < -0.3 is 19.9 Å². The molecule has 2 aromatic rings. The summed E-state index contributed by atoms with van der Waals surface area (Å²) in [4.78, 5) is 9.43. The summed E-state index contributed by atoms with van der Waals surface area (Å²) in [6, 6.07) is 12.6. The number of ether oxygens (including phenoxy) is 1. The molecule has 1 aromatic carbocycles. The van der Waals surface area contributed by atoms with Gasteiger partial charge in [0.1, 0.15) is 11.6 Å². The van der Waals surface area contributed by atoms with Gasteiger partial charge >= 0.3 is 0 Å². The van der Waals surface area contributed by atoms with E-state index in [2.05, 4.69) is 71.3 Å². The van der Waals surface area contributed by atoms with Gasteiger partial charge in [-0.2, -0.15) is 0 Å². The van der Waals surface area contributed by atoms with Crippen LogP contribution in [0.2, 0.25) is 0 Å². The molecule has 29 heavy (non-hydrogen) atoms. The van der Waals surface area contributed by atoms with Crippen LogP contribution in [0.15, 0.2) is 42.6 Å². The minimum atomic E-state index is 0. The van der Waals surface area contributed by atoms with E-state index in [4.69, 9.17) is 4.74 Å². The van der Waals surface area contributed by atoms with E-state index in [-0.39, 0.29) is 12.4 Å². The number of benzene rings is 1. The number of hydrogen-bond acceptors (Lipinski definition) is 5. The molecule has 1 saturated heterocycles. The summed E-state index contributed by atoms with van der Waals surface area (Å²) in [6.07, 6.45) is 2.99. The zero-order chi connectivity index (χ0) is 19.8. The SMILES string of the molecule is CC(C)CCOc1ccc(CNCc2cccnc2N2CCN(C)CC2)cc1.Cl. The van der Waals surface area contributed by atoms with Crippen LogP contribution >= 0.6 is 12.4 Å². The molecule has 0 amide bonds. The monoisotopic (exact) mass is 418 g/mol. The number of nitrogens with one attached hydrogen (secondary N) is 1. The molecular weight excluding hydrogens is 384 g/mol. The van der Waals surface area contributed by atoms with Gasteiger partial charge in [0.2, 0.25) is 0 Å². The standard InChI is InChI=1S/C23H34N4O.ClH/c1-19(2)10-16-28-22-8-6-20(7-9-22)17-24-18-21-5-4-11-25-23(21)27-14-12-26(3)13-15-27;/h4-9,11,19,24H,10,12-18H2,1-3H3;1H. The predicted octanol–water partition coefficient (Wildman–Crippen LogP) is 3.97. The third kappa shape index (κ3) is 7.50. The van der Waals surface area contributed by atoms with Gasteiger partial charge in [-0.05, 0) is 43.1 Å². The minimum Gasteiger partial charge on any atom is -0.494 e. The van der Waals surface area contributed by atoms with Gasteiger partial charge in [-0.25, -0.2) is 4.98 Å². The Labute approximate surface area is 181 Å². The zero-order valence-electron chi connectivity index (χ0n) is 17.9. The van der Waals surface area contributed by atoms with Crippen molar-refractivity contribution >= 4 is 18.2 Å². The van der Waals surface area contributed by atoms with Crippen molar-refractivity contribution in [1.82, 2.24) is 15.2 Å². The number of rotatable bonds is 9. The van der Waals surface area contributed by atoms with E-state index in [0.717, 1.165) is 63.9 Å². The van der Waals surface area contributed by atoms with Crippen molar-refractivity contribution in [2.45, 2.75) is 33.4 Å². The van der Waals surface area contributed by atoms with E-state index < -0.39 is 0 Å². The molecule has 3 rings (SSSR count). The number of anilines is 1. The van der Waals surface area contributed by atoms with Gasteiger partial charge in [0.25, 0.3) is 0 Å². The van der Waals surface area contributed by atoms with Crippen LogP contribution in [-0.2, 0) is 13.1 Å². The molecule has 1 aromatic heterocycles.